The largest absolute Gasteiger partial charge is 0.347 e. The number of nitrogens with zero attached hydrogens (tertiary/aromatic N) is 1. The van der Waals surface area contributed by atoms with Gasteiger partial charge in [0.05, 0.1) is 0 Å². The summed E-state index contributed by atoms with van der Waals surface area (Å²) in [6, 6.07) is 0. The molecule has 0 fully saturated rings. The van der Waals surface area contributed by atoms with Gasteiger partial charge in [0.2, 0.25) is 0 Å². The molecule has 0 saturated heterocycles. The van der Waals surface area contributed by atoms with Crippen molar-refractivity contribution in [2.24, 2.45) is 11.1 Å². The van der Waals surface area contributed by atoms with Gasteiger partial charge in [0, 0.05) is 26.7 Å². The summed E-state index contributed by atoms with van der Waals surface area (Å²) in [6.45, 7) is 7.23. The van der Waals surface area contributed by atoms with E-state index < -0.39 is 11.8 Å². The normalized spacial score (nSPS) is 11.0. The van der Waals surface area contributed by atoms with E-state index in [0.29, 0.717) is 19.6 Å². The quantitative estimate of drug-likeness (QED) is 0.627. The lowest BCUT2D eigenvalue weighted by atomic mass is 9.96. The van der Waals surface area contributed by atoms with Crippen LogP contribution in [0.5, 0.6) is 0 Å². The van der Waals surface area contributed by atoms with Crippen LogP contribution >= 0.6 is 0 Å². The molecular weight excluding hydrogens is 194 g/mol. The molecule has 0 bridgehead atoms. The first-order chi connectivity index (χ1) is 6.78. The molecule has 88 valence electrons. The van der Waals surface area contributed by atoms with Crippen molar-refractivity contribution in [2.75, 3.05) is 26.7 Å². The minimum atomic E-state index is -0.591. The van der Waals surface area contributed by atoms with E-state index >= 15 is 0 Å². The molecule has 0 aliphatic rings. The number of carbonyl (C=O) groups is 2. The van der Waals surface area contributed by atoms with E-state index in [1.165, 1.54) is 4.90 Å². The summed E-state index contributed by atoms with van der Waals surface area (Å²) in [5.74, 6) is -1.11. The average molecular weight is 215 g/mol. The average Bonchev–Trinajstić information content (AvgIpc) is 2.10. The standard InChI is InChI=1S/C10H21N3O2/c1-10(2,3)7-13(4)9(15)8(14)12-6-5-11/h5-7,11H2,1-4H3,(H,12,14). The maximum atomic E-state index is 11.5. The van der Waals surface area contributed by atoms with Crippen LogP contribution in [0.4, 0.5) is 0 Å². The minimum absolute atomic E-state index is 0.0153. The monoisotopic (exact) mass is 215 g/mol. The Kier molecular flexibility index (Phi) is 5.28. The fourth-order valence-corrected chi connectivity index (χ4v) is 1.22. The van der Waals surface area contributed by atoms with E-state index in [-0.39, 0.29) is 5.41 Å². The lowest BCUT2D eigenvalue weighted by Crippen LogP contribution is -2.45. The van der Waals surface area contributed by atoms with Gasteiger partial charge in [0.25, 0.3) is 0 Å². The highest BCUT2D eigenvalue weighted by Crippen LogP contribution is 2.13. The van der Waals surface area contributed by atoms with Crippen molar-refractivity contribution < 1.29 is 9.59 Å². The van der Waals surface area contributed by atoms with E-state index in [1.807, 2.05) is 20.8 Å². The van der Waals surface area contributed by atoms with E-state index in [4.69, 9.17) is 5.73 Å². The molecule has 3 N–H and O–H groups in total. The smallest absolute Gasteiger partial charge is 0.311 e. The third kappa shape index (κ3) is 6.06. The molecule has 2 amide bonds. The Balaban J connectivity index is 4.14. The molecule has 0 unspecified atom stereocenters. The molecule has 0 aromatic heterocycles. The van der Waals surface area contributed by atoms with E-state index in [9.17, 15) is 9.59 Å². The molecular formula is C10H21N3O2. The van der Waals surface area contributed by atoms with Crippen LogP contribution in [-0.2, 0) is 9.59 Å². The van der Waals surface area contributed by atoms with Crippen LogP contribution in [0.25, 0.3) is 0 Å². The Hall–Kier alpha value is -1.10. The van der Waals surface area contributed by atoms with Gasteiger partial charge in [-0.15, -0.1) is 0 Å². The summed E-state index contributed by atoms with van der Waals surface area (Å²) >= 11 is 0. The van der Waals surface area contributed by atoms with Crippen LogP contribution in [0.1, 0.15) is 20.8 Å². The molecule has 15 heavy (non-hydrogen) atoms. The SMILES string of the molecule is CN(CC(C)(C)C)C(=O)C(=O)NCCN. The molecule has 0 aromatic carbocycles. The number of nitrogens with two attached hydrogens (primary N) is 1. The molecule has 0 spiro atoms. The summed E-state index contributed by atoms with van der Waals surface area (Å²) in [5.41, 5.74) is 5.20. The maximum absolute atomic E-state index is 11.5. The van der Waals surface area contributed by atoms with Crippen molar-refractivity contribution in [1.29, 1.82) is 0 Å². The van der Waals surface area contributed by atoms with Crippen LogP contribution in [0.2, 0.25) is 0 Å². The van der Waals surface area contributed by atoms with E-state index in [0.717, 1.165) is 0 Å². The predicted molar refractivity (Wildman–Crippen MR) is 59.2 cm³/mol. The number of hydrogen-bond acceptors (Lipinski definition) is 3. The Labute approximate surface area is 91.0 Å². The number of nitrogens with one attached hydrogen (secondary N) is 1. The topological polar surface area (TPSA) is 75.4 Å². The van der Waals surface area contributed by atoms with Crippen molar-refractivity contribution in [3.8, 4) is 0 Å². The summed E-state index contributed by atoms with van der Waals surface area (Å²) < 4.78 is 0. The highest BCUT2D eigenvalue weighted by Gasteiger charge is 2.22. The van der Waals surface area contributed by atoms with Gasteiger partial charge in [0.1, 0.15) is 0 Å². The third-order valence-corrected chi connectivity index (χ3v) is 1.68. The highest BCUT2D eigenvalue weighted by molar-refractivity contribution is 6.34. The first-order valence-electron chi connectivity index (χ1n) is 5.01. The Morgan fingerprint density at radius 2 is 1.87 bits per heavy atom. The molecule has 0 aromatic rings. The van der Waals surface area contributed by atoms with Gasteiger partial charge in [-0.2, -0.15) is 0 Å². The van der Waals surface area contributed by atoms with Crippen LogP contribution in [0, 0.1) is 5.41 Å². The lowest BCUT2D eigenvalue weighted by molar-refractivity contribution is -0.145. The first kappa shape index (κ1) is 13.9. The fraction of sp³-hybridized carbons (Fsp3) is 0.800. The molecule has 0 heterocycles. The van der Waals surface area contributed by atoms with Crippen LogP contribution in [-0.4, -0.2) is 43.4 Å². The summed E-state index contributed by atoms with van der Waals surface area (Å²) in [7, 11) is 1.62. The third-order valence-electron chi connectivity index (χ3n) is 1.68. The van der Waals surface area contributed by atoms with Crippen LogP contribution in [0.3, 0.4) is 0 Å². The maximum Gasteiger partial charge on any atom is 0.311 e. The summed E-state index contributed by atoms with van der Waals surface area (Å²) in [4.78, 5) is 24.2. The van der Waals surface area contributed by atoms with Gasteiger partial charge in [0.15, 0.2) is 0 Å². The number of rotatable bonds is 3. The van der Waals surface area contributed by atoms with Gasteiger partial charge in [-0.1, -0.05) is 20.8 Å². The van der Waals surface area contributed by atoms with Crippen molar-refractivity contribution in [3.05, 3.63) is 0 Å². The Morgan fingerprint density at radius 1 is 1.33 bits per heavy atom. The zero-order valence-corrected chi connectivity index (χ0v) is 9.96. The molecule has 0 radical (unpaired) electrons. The summed E-state index contributed by atoms with van der Waals surface area (Å²) in [6.07, 6.45) is 0. The predicted octanol–water partition coefficient (Wildman–Crippen LogP) is -0.434. The second-order valence-electron chi connectivity index (χ2n) is 4.77. The second kappa shape index (κ2) is 5.70. The number of likely N-dealkylation sites (N-methyl/N-ethyl adjacent to an activating group) is 1. The van der Waals surface area contributed by atoms with Crippen molar-refractivity contribution in [3.63, 3.8) is 0 Å². The lowest BCUT2D eigenvalue weighted by Gasteiger charge is -2.26. The highest BCUT2D eigenvalue weighted by atomic mass is 16.2. The molecule has 5 heteroatoms. The number of amides is 2. The van der Waals surface area contributed by atoms with Crippen LogP contribution in [0.15, 0.2) is 0 Å². The van der Waals surface area contributed by atoms with Gasteiger partial charge in [-0.25, -0.2) is 0 Å². The van der Waals surface area contributed by atoms with Crippen LogP contribution < -0.4 is 11.1 Å². The van der Waals surface area contributed by atoms with Gasteiger partial charge >= 0.3 is 11.8 Å². The molecule has 0 aliphatic carbocycles. The van der Waals surface area contributed by atoms with Crippen molar-refractivity contribution in [1.82, 2.24) is 10.2 Å². The Morgan fingerprint density at radius 3 is 2.27 bits per heavy atom. The summed E-state index contributed by atoms with van der Waals surface area (Å²) in [5, 5.41) is 2.44. The molecule has 5 nitrogen and oxygen atoms in total. The minimum Gasteiger partial charge on any atom is -0.347 e. The van der Waals surface area contributed by atoms with E-state index in [2.05, 4.69) is 5.32 Å². The van der Waals surface area contributed by atoms with Gasteiger partial charge in [-0.05, 0) is 5.41 Å². The molecule has 0 saturated carbocycles. The second-order valence-corrected chi connectivity index (χ2v) is 4.77. The molecule has 0 atom stereocenters. The Bertz CT molecular complexity index is 233. The van der Waals surface area contributed by atoms with Crippen molar-refractivity contribution >= 4 is 11.8 Å². The zero-order chi connectivity index (χ0) is 12.1. The number of hydrogen-bond donors (Lipinski definition) is 2. The first-order valence-corrected chi connectivity index (χ1v) is 5.01. The zero-order valence-electron chi connectivity index (χ0n) is 9.96. The molecule has 0 rings (SSSR count). The van der Waals surface area contributed by atoms with E-state index in [1.54, 1.807) is 7.05 Å². The van der Waals surface area contributed by atoms with Gasteiger partial charge in [-0.3, -0.25) is 9.59 Å². The van der Waals surface area contributed by atoms with Gasteiger partial charge < -0.3 is 16.0 Å². The molecule has 0 aliphatic heterocycles. The fourth-order valence-electron chi connectivity index (χ4n) is 1.22. The number of carbonyl (C=O) groups excluding carboxylic acids is 2. The van der Waals surface area contributed by atoms with Crippen molar-refractivity contribution in [2.45, 2.75) is 20.8 Å².